The number of hydrogen-bond acceptors (Lipinski definition) is 3. The van der Waals surface area contributed by atoms with Gasteiger partial charge in [-0.05, 0) is 25.0 Å². The number of aromatic hydroxyl groups is 1. The van der Waals surface area contributed by atoms with E-state index in [4.69, 9.17) is 18.0 Å². The van der Waals surface area contributed by atoms with E-state index >= 15 is 0 Å². The van der Waals surface area contributed by atoms with Crippen molar-refractivity contribution in [3.8, 4) is 5.75 Å². The molecule has 1 aliphatic rings. The molecule has 4 N–H and O–H groups in total. The molecule has 4 nitrogen and oxygen atoms in total. The normalized spacial score (nSPS) is 22.2. The Kier molecular flexibility index (Phi) is 3.99. The van der Waals surface area contributed by atoms with Crippen LogP contribution in [0.5, 0.6) is 5.75 Å². The van der Waals surface area contributed by atoms with Gasteiger partial charge in [0.05, 0.1) is 10.6 Å². The van der Waals surface area contributed by atoms with Gasteiger partial charge in [0, 0.05) is 18.0 Å². The van der Waals surface area contributed by atoms with E-state index in [9.17, 15) is 14.3 Å². The molecule has 1 amide bonds. The van der Waals surface area contributed by atoms with Gasteiger partial charge in [-0.2, -0.15) is 0 Å². The second-order valence-corrected chi connectivity index (χ2v) is 5.15. The number of carbonyl (C=O) groups excluding carboxylic acids is 1. The van der Waals surface area contributed by atoms with E-state index < -0.39 is 11.7 Å². The Bertz CT molecular complexity index is 521. The molecule has 0 spiro atoms. The Labute approximate surface area is 115 Å². The third kappa shape index (κ3) is 3.01. The summed E-state index contributed by atoms with van der Waals surface area (Å²) in [5.41, 5.74) is 5.68. The lowest BCUT2D eigenvalue weighted by atomic mass is 10.0. The van der Waals surface area contributed by atoms with Crippen LogP contribution in [0.4, 0.5) is 4.39 Å². The largest absolute Gasteiger partial charge is 0.507 e. The molecular formula is C13H15FN2O2S. The number of phenolic OH excluding ortho intramolecular Hbond substituents is 1. The average Bonchev–Trinajstić information content (AvgIpc) is 2.76. The Morgan fingerprint density at radius 3 is 2.84 bits per heavy atom. The van der Waals surface area contributed by atoms with Gasteiger partial charge < -0.3 is 16.2 Å². The van der Waals surface area contributed by atoms with Gasteiger partial charge in [-0.1, -0.05) is 18.6 Å². The molecule has 102 valence electrons. The number of benzene rings is 1. The van der Waals surface area contributed by atoms with Crippen molar-refractivity contribution < 1.29 is 14.3 Å². The van der Waals surface area contributed by atoms with Crippen LogP contribution in [0.25, 0.3) is 0 Å². The summed E-state index contributed by atoms with van der Waals surface area (Å²) in [4.78, 5) is 12.4. The van der Waals surface area contributed by atoms with Gasteiger partial charge in [0.2, 0.25) is 0 Å². The number of hydrogen-bond donors (Lipinski definition) is 3. The molecular weight excluding hydrogens is 267 g/mol. The van der Waals surface area contributed by atoms with Crippen molar-refractivity contribution in [2.24, 2.45) is 11.7 Å². The zero-order valence-corrected chi connectivity index (χ0v) is 11.0. The highest BCUT2D eigenvalue weighted by atomic mass is 32.1. The maximum atomic E-state index is 12.9. The zero-order chi connectivity index (χ0) is 14.0. The van der Waals surface area contributed by atoms with Crippen molar-refractivity contribution in [1.29, 1.82) is 0 Å². The molecule has 1 aliphatic carbocycles. The highest BCUT2D eigenvalue weighted by molar-refractivity contribution is 7.80. The molecule has 1 aromatic rings. The van der Waals surface area contributed by atoms with Crippen LogP contribution < -0.4 is 11.1 Å². The predicted octanol–water partition coefficient (Wildman–Crippen LogP) is 1.72. The highest BCUT2D eigenvalue weighted by Gasteiger charge is 2.31. The minimum Gasteiger partial charge on any atom is -0.507 e. The third-order valence-corrected chi connectivity index (χ3v) is 3.71. The van der Waals surface area contributed by atoms with Gasteiger partial charge in [0.15, 0.2) is 0 Å². The van der Waals surface area contributed by atoms with E-state index in [1.807, 2.05) is 0 Å². The number of rotatable bonds is 3. The van der Waals surface area contributed by atoms with Crippen molar-refractivity contribution in [2.75, 3.05) is 0 Å². The van der Waals surface area contributed by atoms with E-state index in [2.05, 4.69) is 5.32 Å². The van der Waals surface area contributed by atoms with Gasteiger partial charge in [0.1, 0.15) is 11.6 Å². The van der Waals surface area contributed by atoms with Gasteiger partial charge >= 0.3 is 0 Å². The van der Waals surface area contributed by atoms with Crippen molar-refractivity contribution in [3.63, 3.8) is 0 Å². The molecule has 0 aromatic heterocycles. The summed E-state index contributed by atoms with van der Waals surface area (Å²) in [7, 11) is 0. The van der Waals surface area contributed by atoms with E-state index in [1.54, 1.807) is 0 Å². The summed E-state index contributed by atoms with van der Waals surface area (Å²) in [5, 5.41) is 12.4. The first-order valence-electron chi connectivity index (χ1n) is 6.07. The van der Waals surface area contributed by atoms with Crippen LogP contribution in [0.3, 0.4) is 0 Å². The number of carbonyl (C=O) groups is 1. The third-order valence-electron chi connectivity index (χ3n) is 3.40. The Morgan fingerprint density at radius 2 is 2.21 bits per heavy atom. The predicted molar refractivity (Wildman–Crippen MR) is 73.4 cm³/mol. The number of phenols is 1. The SMILES string of the molecule is NC(=S)C1CCCC1NC(=O)c1ccc(F)cc1O. The van der Waals surface area contributed by atoms with Gasteiger partial charge in [-0.3, -0.25) is 4.79 Å². The first-order valence-corrected chi connectivity index (χ1v) is 6.48. The van der Waals surface area contributed by atoms with Crippen molar-refractivity contribution >= 4 is 23.1 Å². The minimum absolute atomic E-state index is 0.0125. The monoisotopic (exact) mass is 282 g/mol. The standard InChI is InChI=1S/C13H15FN2O2S/c14-7-4-5-9(11(17)6-7)13(18)16-10-3-1-2-8(10)12(15)19/h4-6,8,10,17H,1-3H2,(H2,15,19)(H,16,18). The number of thiocarbonyl (C=S) groups is 1. The Hall–Kier alpha value is -1.69. The maximum Gasteiger partial charge on any atom is 0.255 e. The van der Waals surface area contributed by atoms with Crippen LogP contribution in [-0.4, -0.2) is 22.0 Å². The summed E-state index contributed by atoms with van der Waals surface area (Å²) in [5.74, 6) is -1.41. The number of nitrogens with one attached hydrogen (secondary N) is 1. The lowest BCUT2D eigenvalue weighted by Crippen LogP contribution is -2.41. The Morgan fingerprint density at radius 1 is 1.47 bits per heavy atom. The lowest BCUT2D eigenvalue weighted by Gasteiger charge is -2.20. The maximum absolute atomic E-state index is 12.9. The highest BCUT2D eigenvalue weighted by Crippen LogP contribution is 2.27. The topological polar surface area (TPSA) is 75.3 Å². The molecule has 2 atom stereocenters. The van der Waals surface area contributed by atoms with E-state index in [-0.39, 0.29) is 23.3 Å². The van der Waals surface area contributed by atoms with Gasteiger partial charge in [-0.25, -0.2) is 4.39 Å². The van der Waals surface area contributed by atoms with Crippen molar-refractivity contribution in [3.05, 3.63) is 29.6 Å². The van der Waals surface area contributed by atoms with Crippen LogP contribution in [0.1, 0.15) is 29.6 Å². The summed E-state index contributed by atoms with van der Waals surface area (Å²) >= 11 is 4.97. The second kappa shape index (κ2) is 5.52. The van der Waals surface area contributed by atoms with Crippen LogP contribution in [0.15, 0.2) is 18.2 Å². The first-order chi connectivity index (χ1) is 8.99. The van der Waals surface area contributed by atoms with E-state index in [1.165, 1.54) is 6.07 Å². The van der Waals surface area contributed by atoms with E-state index in [0.717, 1.165) is 31.4 Å². The average molecular weight is 282 g/mol. The summed E-state index contributed by atoms with van der Waals surface area (Å²) in [6, 6.07) is 3.18. The van der Waals surface area contributed by atoms with Crippen LogP contribution in [0.2, 0.25) is 0 Å². The fourth-order valence-electron chi connectivity index (χ4n) is 2.42. The molecule has 6 heteroatoms. The summed E-state index contributed by atoms with van der Waals surface area (Å²) in [6.07, 6.45) is 2.60. The number of halogens is 1. The molecule has 0 aliphatic heterocycles. The molecule has 0 bridgehead atoms. The van der Waals surface area contributed by atoms with Gasteiger partial charge in [0.25, 0.3) is 5.91 Å². The fourth-order valence-corrected chi connectivity index (χ4v) is 2.70. The number of amides is 1. The molecule has 1 aromatic carbocycles. The molecule has 0 radical (unpaired) electrons. The molecule has 2 unspecified atom stereocenters. The first kappa shape index (κ1) is 13.7. The van der Waals surface area contributed by atoms with Crippen molar-refractivity contribution in [2.45, 2.75) is 25.3 Å². The minimum atomic E-state index is -0.587. The van der Waals surface area contributed by atoms with Gasteiger partial charge in [-0.15, -0.1) is 0 Å². The molecule has 0 saturated heterocycles. The molecule has 0 heterocycles. The van der Waals surface area contributed by atoms with Crippen LogP contribution in [-0.2, 0) is 0 Å². The van der Waals surface area contributed by atoms with Crippen LogP contribution >= 0.6 is 12.2 Å². The smallest absolute Gasteiger partial charge is 0.255 e. The lowest BCUT2D eigenvalue weighted by molar-refractivity contribution is 0.0931. The zero-order valence-electron chi connectivity index (χ0n) is 10.2. The van der Waals surface area contributed by atoms with Crippen molar-refractivity contribution in [1.82, 2.24) is 5.32 Å². The Balaban J connectivity index is 2.10. The van der Waals surface area contributed by atoms with E-state index in [0.29, 0.717) is 4.99 Å². The number of nitrogens with two attached hydrogens (primary N) is 1. The molecule has 19 heavy (non-hydrogen) atoms. The second-order valence-electron chi connectivity index (χ2n) is 4.68. The fraction of sp³-hybridized carbons (Fsp3) is 0.385. The van der Waals surface area contributed by atoms with Crippen LogP contribution in [0, 0.1) is 11.7 Å². The quantitative estimate of drug-likeness (QED) is 0.738. The molecule has 2 rings (SSSR count). The summed E-state index contributed by atoms with van der Waals surface area (Å²) in [6.45, 7) is 0. The molecule has 1 saturated carbocycles. The molecule has 1 fully saturated rings. The summed E-state index contributed by atoms with van der Waals surface area (Å²) < 4.78 is 12.9.